The highest BCUT2D eigenvalue weighted by Crippen LogP contribution is 2.35. The minimum atomic E-state index is -0.437. The highest BCUT2D eigenvalue weighted by molar-refractivity contribution is 5.81. The van der Waals surface area contributed by atoms with E-state index in [1.54, 1.807) is 6.33 Å². The van der Waals surface area contributed by atoms with Gasteiger partial charge in [-0.2, -0.15) is 0 Å². The van der Waals surface area contributed by atoms with E-state index in [1.165, 1.54) is 6.33 Å². The monoisotopic (exact) mass is 400 g/mol. The summed E-state index contributed by atoms with van der Waals surface area (Å²) in [5.41, 5.74) is 6.40. The molecule has 150 valence electrons. The summed E-state index contributed by atoms with van der Waals surface area (Å²) in [6, 6.07) is 14.0. The van der Waals surface area contributed by atoms with E-state index in [1.807, 2.05) is 24.3 Å². The van der Waals surface area contributed by atoms with Gasteiger partial charge in [0.25, 0.3) is 5.69 Å². The van der Waals surface area contributed by atoms with E-state index >= 15 is 0 Å². The van der Waals surface area contributed by atoms with Crippen molar-refractivity contribution >= 4 is 28.4 Å². The van der Waals surface area contributed by atoms with Crippen LogP contribution in [-0.4, -0.2) is 37.4 Å². The van der Waals surface area contributed by atoms with Gasteiger partial charge in [-0.1, -0.05) is 30.3 Å². The molecule has 0 spiro atoms. The van der Waals surface area contributed by atoms with E-state index < -0.39 is 6.17 Å². The van der Waals surface area contributed by atoms with Crippen molar-refractivity contribution in [1.82, 2.24) is 19.9 Å². The Hall–Kier alpha value is -3.81. The standard InChI is InChI=1S/C22H22N7O/c1-14-7-5-9-18-16(14)11-28(17-8-4-3-6-15(17)2)19(29(18)30)10-23-21-20-22(25-12-24-20)27-13-26-21/h3-9,12-13,19H,10-11H2,1-2H3,(H2,23,24,25,26,27)/q+1. The average Bonchev–Trinajstić information content (AvgIpc) is 3.24. The normalized spacial score (nSPS) is 16.0. The molecule has 4 aromatic rings. The predicted octanol–water partition coefficient (Wildman–Crippen LogP) is 3.84. The molecule has 0 amide bonds. The third kappa shape index (κ3) is 2.97. The number of nitrogens with one attached hydrogen (secondary N) is 2. The van der Waals surface area contributed by atoms with E-state index in [9.17, 15) is 4.91 Å². The first-order valence-corrected chi connectivity index (χ1v) is 9.88. The molecule has 2 aromatic heterocycles. The van der Waals surface area contributed by atoms with Crippen LogP contribution in [0.1, 0.15) is 16.7 Å². The largest absolute Gasteiger partial charge is 0.359 e. The third-order valence-corrected chi connectivity index (χ3v) is 5.68. The Bertz CT molecular complexity index is 1250. The van der Waals surface area contributed by atoms with Crippen LogP contribution in [0.3, 0.4) is 0 Å². The first kappa shape index (κ1) is 18.2. The summed E-state index contributed by atoms with van der Waals surface area (Å²) in [5, 5.41) is 3.33. The second kappa shape index (κ2) is 7.22. The highest BCUT2D eigenvalue weighted by atomic mass is 16.3. The number of aromatic nitrogens is 4. The van der Waals surface area contributed by atoms with Crippen molar-refractivity contribution in [2.24, 2.45) is 0 Å². The molecule has 0 saturated heterocycles. The molecule has 2 aromatic carbocycles. The predicted molar refractivity (Wildman–Crippen MR) is 116 cm³/mol. The van der Waals surface area contributed by atoms with E-state index in [0.29, 0.717) is 24.6 Å². The molecule has 0 saturated carbocycles. The Morgan fingerprint density at radius 3 is 2.80 bits per heavy atom. The lowest BCUT2D eigenvalue weighted by Crippen LogP contribution is -2.49. The molecule has 1 aliphatic heterocycles. The van der Waals surface area contributed by atoms with Crippen molar-refractivity contribution in [2.75, 3.05) is 16.8 Å². The van der Waals surface area contributed by atoms with Crippen LogP contribution in [0.4, 0.5) is 17.2 Å². The Morgan fingerprint density at radius 2 is 1.93 bits per heavy atom. The minimum Gasteiger partial charge on any atom is -0.359 e. The number of aromatic amines is 1. The van der Waals surface area contributed by atoms with Crippen LogP contribution >= 0.6 is 0 Å². The van der Waals surface area contributed by atoms with Gasteiger partial charge in [0.15, 0.2) is 11.5 Å². The average molecular weight is 400 g/mol. The fourth-order valence-electron chi connectivity index (χ4n) is 4.07. The maximum atomic E-state index is 13.5. The number of nitrogens with zero attached hydrogens (tertiary/aromatic N) is 5. The van der Waals surface area contributed by atoms with E-state index in [4.69, 9.17) is 0 Å². The molecule has 30 heavy (non-hydrogen) atoms. The smallest absolute Gasteiger partial charge is 0.300 e. The van der Waals surface area contributed by atoms with Crippen molar-refractivity contribution in [3.05, 3.63) is 76.7 Å². The molecule has 0 fully saturated rings. The molecule has 3 heterocycles. The van der Waals surface area contributed by atoms with Crippen LogP contribution < -0.4 is 10.2 Å². The van der Waals surface area contributed by atoms with Crippen molar-refractivity contribution in [3.8, 4) is 0 Å². The Labute approximate surface area is 173 Å². The van der Waals surface area contributed by atoms with Gasteiger partial charge in [-0.3, -0.25) is 0 Å². The molecule has 2 N–H and O–H groups in total. The zero-order valence-electron chi connectivity index (χ0n) is 16.8. The number of hydrogen-bond acceptors (Lipinski definition) is 6. The highest BCUT2D eigenvalue weighted by Gasteiger charge is 2.42. The van der Waals surface area contributed by atoms with Crippen molar-refractivity contribution in [3.63, 3.8) is 0 Å². The van der Waals surface area contributed by atoms with E-state index in [2.05, 4.69) is 62.2 Å². The lowest BCUT2D eigenvalue weighted by Gasteiger charge is -2.33. The number of benzene rings is 2. The SMILES string of the molecule is Cc1ccccc1N1Cc2c(C)cccc2[N+](=O)C1CNc1ncnc2nc[nH]c12. The maximum Gasteiger partial charge on any atom is 0.300 e. The van der Waals surface area contributed by atoms with Gasteiger partial charge in [-0.05, 0) is 31.0 Å². The summed E-state index contributed by atoms with van der Waals surface area (Å²) >= 11 is 0. The van der Waals surface area contributed by atoms with Crippen LogP contribution in [0.2, 0.25) is 0 Å². The van der Waals surface area contributed by atoms with Crippen LogP contribution in [0.25, 0.3) is 11.2 Å². The lowest BCUT2D eigenvalue weighted by atomic mass is 10.0. The number of para-hydroxylation sites is 1. The molecule has 0 bridgehead atoms. The van der Waals surface area contributed by atoms with Crippen molar-refractivity contribution in [1.29, 1.82) is 0 Å². The number of H-pyrrole nitrogens is 1. The minimum absolute atomic E-state index is 0.385. The molecular formula is C22H22N7O+. The fraction of sp³-hybridized carbons (Fsp3) is 0.227. The molecule has 0 aliphatic carbocycles. The number of imidazole rings is 1. The van der Waals surface area contributed by atoms with Gasteiger partial charge in [0.1, 0.15) is 18.4 Å². The summed E-state index contributed by atoms with van der Waals surface area (Å²) < 4.78 is 1.11. The lowest BCUT2D eigenvalue weighted by molar-refractivity contribution is -0.507. The summed E-state index contributed by atoms with van der Waals surface area (Å²) in [7, 11) is 0. The van der Waals surface area contributed by atoms with Crippen LogP contribution in [0.15, 0.2) is 55.1 Å². The van der Waals surface area contributed by atoms with Gasteiger partial charge in [0.2, 0.25) is 0 Å². The molecule has 1 unspecified atom stereocenters. The Kier molecular flexibility index (Phi) is 4.39. The Morgan fingerprint density at radius 1 is 1.10 bits per heavy atom. The van der Waals surface area contributed by atoms with Gasteiger partial charge in [-0.15, -0.1) is 0 Å². The second-order valence-corrected chi connectivity index (χ2v) is 7.50. The summed E-state index contributed by atoms with van der Waals surface area (Å²) in [4.78, 5) is 31.4. The van der Waals surface area contributed by atoms with Crippen LogP contribution in [0.5, 0.6) is 0 Å². The Balaban J connectivity index is 1.54. The summed E-state index contributed by atoms with van der Waals surface area (Å²) in [6.07, 6.45) is 2.62. The zero-order valence-corrected chi connectivity index (χ0v) is 16.8. The van der Waals surface area contributed by atoms with E-state index in [0.717, 1.165) is 38.3 Å². The van der Waals surface area contributed by atoms with Gasteiger partial charge in [-0.25, -0.2) is 15.0 Å². The number of rotatable bonds is 4. The molecule has 1 aliphatic rings. The quantitative estimate of drug-likeness (QED) is 0.506. The third-order valence-electron chi connectivity index (χ3n) is 5.68. The summed E-state index contributed by atoms with van der Waals surface area (Å²) in [6.45, 7) is 5.18. The molecular weight excluding hydrogens is 378 g/mol. The molecule has 8 nitrogen and oxygen atoms in total. The van der Waals surface area contributed by atoms with Gasteiger partial charge in [0, 0.05) is 16.7 Å². The topological polar surface area (TPSA) is 89.8 Å². The number of anilines is 2. The van der Waals surface area contributed by atoms with Crippen LogP contribution in [0, 0.1) is 18.8 Å². The first-order valence-electron chi connectivity index (χ1n) is 9.88. The molecule has 1 atom stereocenters. The maximum absolute atomic E-state index is 13.5. The van der Waals surface area contributed by atoms with Crippen LogP contribution in [-0.2, 0) is 6.54 Å². The van der Waals surface area contributed by atoms with Crippen molar-refractivity contribution < 1.29 is 4.76 Å². The number of aryl methyl sites for hydroxylation is 2. The van der Waals surface area contributed by atoms with E-state index in [-0.39, 0.29) is 0 Å². The number of hydrogen-bond donors (Lipinski definition) is 2. The van der Waals surface area contributed by atoms with Gasteiger partial charge in [0.05, 0.1) is 23.2 Å². The van der Waals surface area contributed by atoms with Crippen molar-refractivity contribution in [2.45, 2.75) is 26.6 Å². The van der Waals surface area contributed by atoms with Gasteiger partial charge < -0.3 is 15.2 Å². The fourth-order valence-corrected chi connectivity index (χ4v) is 4.07. The first-order chi connectivity index (χ1) is 14.6. The molecule has 5 rings (SSSR count). The number of nitroso groups, excluding NO2 is 1. The zero-order chi connectivity index (χ0) is 20.7. The number of fused-ring (bicyclic) bond motifs is 2. The van der Waals surface area contributed by atoms with Gasteiger partial charge >= 0.3 is 6.17 Å². The second-order valence-electron chi connectivity index (χ2n) is 7.50. The molecule has 0 radical (unpaired) electrons. The molecule has 8 heteroatoms. The summed E-state index contributed by atoms with van der Waals surface area (Å²) in [5.74, 6) is 0.630.